The van der Waals surface area contributed by atoms with E-state index in [1.54, 1.807) is 12.1 Å². The van der Waals surface area contributed by atoms with Crippen molar-refractivity contribution < 1.29 is 18.5 Å². The molecule has 0 fully saturated rings. The lowest BCUT2D eigenvalue weighted by molar-refractivity contribution is 0.416. The van der Waals surface area contributed by atoms with Gasteiger partial charge in [0.25, 0.3) is 0 Å². The minimum Gasteiger partial charge on any atom is -0.508 e. The van der Waals surface area contributed by atoms with E-state index in [0.29, 0.717) is 12.0 Å². The first kappa shape index (κ1) is 24.6. The number of benzene rings is 1. The van der Waals surface area contributed by atoms with Crippen LogP contribution in [0.4, 0.5) is 0 Å². The fourth-order valence-electron chi connectivity index (χ4n) is 3.45. The standard InChI is InChI=1S/C21H37O4PS/c1-2-3-4-5-6-7-8-9-10-11-12-13-14-16-19-20(22)17-15-18-21(19)26(23,24)25-27/h15,17-18,22,27H,2-14,16H2,1H3,(H,23,24). The van der Waals surface area contributed by atoms with Crippen LogP contribution in [0.1, 0.15) is 96.0 Å². The Labute approximate surface area is 170 Å². The predicted octanol–water partition coefficient (Wildman–Crippen LogP) is 6.70. The normalized spacial score (nSPS) is 13.6. The summed E-state index contributed by atoms with van der Waals surface area (Å²) in [5, 5.41) is 10.2. The zero-order valence-electron chi connectivity index (χ0n) is 16.7. The molecule has 0 aliphatic heterocycles. The molecule has 1 aromatic rings. The van der Waals surface area contributed by atoms with E-state index in [1.807, 2.05) is 0 Å². The topological polar surface area (TPSA) is 66.8 Å². The van der Waals surface area contributed by atoms with Gasteiger partial charge in [0.05, 0.1) is 5.30 Å². The number of thiol groups is 1. The molecule has 27 heavy (non-hydrogen) atoms. The summed E-state index contributed by atoms with van der Waals surface area (Å²) in [5.74, 6) is 0.0473. The highest BCUT2D eigenvalue weighted by atomic mass is 32.1. The van der Waals surface area contributed by atoms with Gasteiger partial charge in [-0.1, -0.05) is 90.0 Å². The van der Waals surface area contributed by atoms with Gasteiger partial charge in [-0.3, -0.25) is 4.57 Å². The summed E-state index contributed by atoms with van der Waals surface area (Å²) in [6, 6.07) is 4.61. The third-order valence-corrected chi connectivity index (χ3v) is 6.99. The molecule has 0 aliphatic carbocycles. The molecule has 2 N–H and O–H groups in total. The van der Waals surface area contributed by atoms with Crippen molar-refractivity contribution in [2.75, 3.05) is 0 Å². The highest BCUT2D eigenvalue weighted by Crippen LogP contribution is 2.44. The first-order valence-corrected chi connectivity index (χ1v) is 12.4. The van der Waals surface area contributed by atoms with Crippen molar-refractivity contribution in [3.05, 3.63) is 23.8 Å². The molecule has 0 aromatic heterocycles. The largest absolute Gasteiger partial charge is 0.508 e. The second kappa shape index (κ2) is 14.5. The maximum Gasteiger partial charge on any atom is 0.369 e. The second-order valence-corrected chi connectivity index (χ2v) is 9.55. The fourth-order valence-corrected chi connectivity index (χ4v) is 4.64. The Morgan fingerprint density at radius 3 is 1.85 bits per heavy atom. The first-order chi connectivity index (χ1) is 13.0. The van der Waals surface area contributed by atoms with Crippen LogP contribution < -0.4 is 5.30 Å². The van der Waals surface area contributed by atoms with E-state index in [9.17, 15) is 14.6 Å². The molecule has 0 bridgehead atoms. The molecular formula is C21H37O4PS. The van der Waals surface area contributed by atoms with E-state index in [-0.39, 0.29) is 11.1 Å². The molecule has 0 saturated heterocycles. The van der Waals surface area contributed by atoms with Crippen LogP contribution in [-0.2, 0) is 15.0 Å². The van der Waals surface area contributed by atoms with E-state index in [4.69, 9.17) is 0 Å². The van der Waals surface area contributed by atoms with Crippen LogP contribution >= 0.6 is 20.5 Å². The lowest BCUT2D eigenvalue weighted by Crippen LogP contribution is -2.11. The van der Waals surface area contributed by atoms with E-state index < -0.39 is 7.60 Å². The monoisotopic (exact) mass is 416 g/mol. The molecule has 1 aromatic carbocycles. The van der Waals surface area contributed by atoms with E-state index in [1.165, 1.54) is 76.7 Å². The first-order valence-electron chi connectivity index (χ1n) is 10.5. The Balaban J connectivity index is 2.15. The van der Waals surface area contributed by atoms with Crippen molar-refractivity contribution in [1.82, 2.24) is 0 Å². The third-order valence-electron chi connectivity index (χ3n) is 5.07. The smallest absolute Gasteiger partial charge is 0.369 e. The molecule has 0 amide bonds. The summed E-state index contributed by atoms with van der Waals surface area (Å²) in [6.07, 6.45) is 17.1. The molecule has 6 heteroatoms. The molecule has 0 radical (unpaired) electrons. The lowest BCUT2D eigenvalue weighted by Gasteiger charge is -2.14. The van der Waals surface area contributed by atoms with Crippen LogP contribution in [0.15, 0.2) is 18.2 Å². The molecule has 0 aliphatic rings. The van der Waals surface area contributed by atoms with Gasteiger partial charge in [0, 0.05) is 5.56 Å². The Hall–Kier alpha value is -0.480. The van der Waals surface area contributed by atoms with Crippen LogP contribution in [0.3, 0.4) is 0 Å². The number of phenols is 1. The minimum absolute atomic E-state index is 0.0473. The van der Waals surface area contributed by atoms with Crippen LogP contribution in [0, 0.1) is 0 Å². The third kappa shape index (κ3) is 10.0. The predicted molar refractivity (Wildman–Crippen MR) is 117 cm³/mol. The Morgan fingerprint density at radius 1 is 0.889 bits per heavy atom. The van der Waals surface area contributed by atoms with Gasteiger partial charge in [0.2, 0.25) is 0 Å². The van der Waals surface area contributed by atoms with Crippen molar-refractivity contribution in [1.29, 1.82) is 0 Å². The number of unbranched alkanes of at least 4 members (excludes halogenated alkanes) is 12. The summed E-state index contributed by atoms with van der Waals surface area (Å²) in [7, 11) is -3.97. The van der Waals surface area contributed by atoms with Crippen molar-refractivity contribution >= 4 is 25.8 Å². The number of rotatable bonds is 16. The Kier molecular flexibility index (Phi) is 13.2. The zero-order valence-corrected chi connectivity index (χ0v) is 18.5. The fraction of sp³-hybridized carbons (Fsp3) is 0.714. The van der Waals surface area contributed by atoms with Gasteiger partial charge in [0.15, 0.2) is 0 Å². The van der Waals surface area contributed by atoms with E-state index >= 15 is 0 Å². The minimum atomic E-state index is -3.97. The maximum absolute atomic E-state index is 12.0. The zero-order chi connectivity index (χ0) is 20.0. The summed E-state index contributed by atoms with van der Waals surface area (Å²) in [4.78, 5) is 9.85. The van der Waals surface area contributed by atoms with E-state index in [0.717, 1.165) is 12.8 Å². The number of phenolic OH excluding ortho intramolecular Hbond substituents is 1. The molecule has 156 valence electrons. The van der Waals surface area contributed by atoms with Crippen LogP contribution in [-0.4, -0.2) is 10.00 Å². The average molecular weight is 417 g/mol. The molecule has 0 heterocycles. The quantitative estimate of drug-likeness (QED) is 0.121. The van der Waals surface area contributed by atoms with Gasteiger partial charge >= 0.3 is 7.60 Å². The second-order valence-electron chi connectivity index (χ2n) is 7.37. The van der Waals surface area contributed by atoms with Crippen molar-refractivity contribution in [2.24, 2.45) is 0 Å². The lowest BCUT2D eigenvalue weighted by atomic mass is 10.0. The molecule has 1 atom stereocenters. The van der Waals surface area contributed by atoms with Gasteiger partial charge in [-0.15, -0.1) is 0 Å². The van der Waals surface area contributed by atoms with Gasteiger partial charge < -0.3 is 10.00 Å². The SMILES string of the molecule is CCCCCCCCCCCCCCCc1c(O)cccc1P(=O)(O)OS. The molecule has 1 unspecified atom stereocenters. The van der Waals surface area contributed by atoms with Crippen molar-refractivity contribution in [3.8, 4) is 5.75 Å². The van der Waals surface area contributed by atoms with E-state index in [2.05, 4.69) is 23.8 Å². The average Bonchev–Trinajstić information content (AvgIpc) is 2.66. The summed E-state index contributed by atoms with van der Waals surface area (Å²) >= 11 is 3.49. The molecule has 0 saturated carbocycles. The van der Waals surface area contributed by atoms with Gasteiger partial charge in [-0.2, -0.15) is 0 Å². The summed E-state index contributed by atoms with van der Waals surface area (Å²) < 4.78 is 16.5. The van der Waals surface area contributed by atoms with Crippen molar-refractivity contribution in [2.45, 2.75) is 96.8 Å². The number of aromatic hydroxyl groups is 1. The molecule has 0 spiro atoms. The summed E-state index contributed by atoms with van der Waals surface area (Å²) in [6.45, 7) is 2.25. The highest BCUT2D eigenvalue weighted by molar-refractivity contribution is 7.83. The van der Waals surface area contributed by atoms with Gasteiger partial charge in [-0.05, 0) is 37.9 Å². The molecular weight excluding hydrogens is 379 g/mol. The molecule has 1 rings (SSSR count). The highest BCUT2D eigenvalue weighted by Gasteiger charge is 2.26. The van der Waals surface area contributed by atoms with Gasteiger partial charge in [0.1, 0.15) is 5.75 Å². The summed E-state index contributed by atoms with van der Waals surface area (Å²) in [5.41, 5.74) is 0.500. The number of hydrogen-bond donors (Lipinski definition) is 3. The Morgan fingerprint density at radius 2 is 1.37 bits per heavy atom. The Bertz CT molecular complexity index is 565. The maximum atomic E-state index is 12.0. The van der Waals surface area contributed by atoms with Crippen molar-refractivity contribution in [3.63, 3.8) is 0 Å². The number of hydrogen-bond acceptors (Lipinski definition) is 4. The molecule has 4 nitrogen and oxygen atoms in total. The van der Waals surface area contributed by atoms with Crippen LogP contribution in [0.2, 0.25) is 0 Å². The van der Waals surface area contributed by atoms with Crippen LogP contribution in [0.25, 0.3) is 0 Å². The van der Waals surface area contributed by atoms with Crippen LogP contribution in [0.5, 0.6) is 5.75 Å². The van der Waals surface area contributed by atoms with Gasteiger partial charge in [-0.25, -0.2) is 3.97 Å².